The normalized spacial score (nSPS) is 13.5. The number of hydrogen-bond donors (Lipinski definition) is 8. The van der Waals surface area contributed by atoms with Crippen LogP contribution in [-0.2, 0) is 28.8 Å². The summed E-state index contributed by atoms with van der Waals surface area (Å²) in [4.78, 5) is 68.3. The van der Waals surface area contributed by atoms with E-state index < -0.39 is 66.7 Å². The number of aliphatic carboxylic acids is 2. The Morgan fingerprint density at radius 2 is 1.46 bits per heavy atom. The minimum atomic E-state index is -1.47. The van der Waals surface area contributed by atoms with Crippen molar-refractivity contribution in [1.29, 1.82) is 0 Å². The van der Waals surface area contributed by atoms with Gasteiger partial charge in [0.15, 0.2) is 0 Å². The number of carboxylic acid groups (broad SMARTS) is 2. The van der Waals surface area contributed by atoms with Crippen LogP contribution in [0.15, 0.2) is 0 Å². The van der Waals surface area contributed by atoms with Crippen LogP contribution in [0.2, 0.25) is 0 Å². The summed E-state index contributed by atoms with van der Waals surface area (Å²) in [5.74, 6) is -6.29. The molecule has 0 saturated carbocycles. The van der Waals surface area contributed by atoms with Crippen molar-refractivity contribution >= 4 is 48.2 Å². The Morgan fingerprint density at radius 1 is 0.893 bits per heavy atom. The molecule has 158 valence electrons. The number of carboxylic acids is 2. The Hall–Kier alpha value is -2.87. The molecule has 0 radical (unpaired) electrons. The lowest BCUT2D eigenvalue weighted by Gasteiger charge is -2.22. The zero-order valence-corrected chi connectivity index (χ0v) is 15.6. The van der Waals surface area contributed by atoms with Gasteiger partial charge in [-0.1, -0.05) is 0 Å². The topological polar surface area (TPSA) is 231 Å². The lowest BCUT2D eigenvalue weighted by atomic mass is 10.1. The highest BCUT2D eigenvalue weighted by molar-refractivity contribution is 7.80. The molecule has 0 rings (SSSR count). The van der Waals surface area contributed by atoms with Crippen LogP contribution in [0.4, 0.5) is 0 Å². The smallest absolute Gasteiger partial charge is 0.322 e. The van der Waals surface area contributed by atoms with Crippen molar-refractivity contribution in [2.24, 2.45) is 11.5 Å². The molecule has 14 heteroatoms. The van der Waals surface area contributed by atoms with Crippen molar-refractivity contribution in [3.8, 4) is 0 Å². The van der Waals surface area contributed by atoms with Gasteiger partial charge in [-0.25, -0.2) is 0 Å². The predicted octanol–water partition coefficient (Wildman–Crippen LogP) is -3.85. The molecule has 3 atom stereocenters. The van der Waals surface area contributed by atoms with Crippen LogP contribution >= 0.6 is 12.6 Å². The van der Waals surface area contributed by atoms with Gasteiger partial charge in [0.05, 0.1) is 12.5 Å². The molecule has 0 aromatic carbocycles. The number of rotatable bonds is 13. The van der Waals surface area contributed by atoms with E-state index in [4.69, 9.17) is 21.7 Å². The van der Waals surface area contributed by atoms with E-state index in [0.717, 1.165) is 0 Å². The molecule has 4 amide bonds. The van der Waals surface area contributed by atoms with Gasteiger partial charge in [0, 0.05) is 12.2 Å². The molecule has 3 unspecified atom stereocenters. The summed E-state index contributed by atoms with van der Waals surface area (Å²) in [5, 5.41) is 23.6. The quantitative estimate of drug-likeness (QED) is 0.136. The minimum absolute atomic E-state index is 0.163. The van der Waals surface area contributed by atoms with E-state index in [9.17, 15) is 28.8 Å². The Bertz CT molecular complexity index is 629. The van der Waals surface area contributed by atoms with Gasteiger partial charge in [-0.3, -0.25) is 28.8 Å². The van der Waals surface area contributed by atoms with Crippen LogP contribution in [0.5, 0.6) is 0 Å². The third kappa shape index (κ3) is 10.3. The van der Waals surface area contributed by atoms with Crippen LogP contribution in [0, 0.1) is 0 Å². The summed E-state index contributed by atoms with van der Waals surface area (Å²) in [5.41, 5.74) is 10.6. The molecule has 0 spiro atoms. The van der Waals surface area contributed by atoms with Crippen molar-refractivity contribution in [2.45, 2.75) is 37.4 Å². The lowest BCUT2D eigenvalue weighted by molar-refractivity contribution is -0.139. The fourth-order valence-corrected chi connectivity index (χ4v) is 2.11. The molecule has 9 N–H and O–H groups in total. The van der Waals surface area contributed by atoms with Gasteiger partial charge in [0.1, 0.15) is 18.6 Å². The molecule has 0 saturated heterocycles. The van der Waals surface area contributed by atoms with Crippen molar-refractivity contribution in [1.82, 2.24) is 16.0 Å². The first-order valence-corrected chi connectivity index (χ1v) is 8.57. The average molecular weight is 421 g/mol. The SMILES string of the molecule is NC(=O)CC(NC(=O)C(CS)NC(=O)C(N)CCC(=O)O)C(=O)NCC(=O)O. The summed E-state index contributed by atoms with van der Waals surface area (Å²) in [6.45, 7) is -0.741. The highest BCUT2D eigenvalue weighted by Crippen LogP contribution is 1.99. The predicted molar refractivity (Wildman–Crippen MR) is 97.0 cm³/mol. The number of nitrogens with one attached hydrogen (secondary N) is 3. The molecular weight excluding hydrogens is 398 g/mol. The van der Waals surface area contributed by atoms with Gasteiger partial charge in [0.25, 0.3) is 0 Å². The van der Waals surface area contributed by atoms with E-state index >= 15 is 0 Å². The monoisotopic (exact) mass is 421 g/mol. The fourth-order valence-electron chi connectivity index (χ4n) is 1.85. The summed E-state index contributed by atoms with van der Waals surface area (Å²) in [6, 6.07) is -3.91. The molecular formula is C14H23N5O8S. The van der Waals surface area contributed by atoms with E-state index in [0.29, 0.717) is 0 Å². The number of thiol groups is 1. The number of carbonyl (C=O) groups is 6. The van der Waals surface area contributed by atoms with Crippen molar-refractivity contribution in [2.75, 3.05) is 12.3 Å². The summed E-state index contributed by atoms with van der Waals surface area (Å²) < 4.78 is 0. The van der Waals surface area contributed by atoms with E-state index in [1.165, 1.54) is 0 Å². The number of nitrogens with two attached hydrogens (primary N) is 2. The Balaban J connectivity index is 4.96. The maximum absolute atomic E-state index is 12.3. The van der Waals surface area contributed by atoms with Gasteiger partial charge in [0.2, 0.25) is 23.6 Å². The maximum Gasteiger partial charge on any atom is 0.322 e. The maximum atomic E-state index is 12.3. The third-order valence-corrected chi connectivity index (χ3v) is 3.64. The van der Waals surface area contributed by atoms with Gasteiger partial charge in [-0.05, 0) is 6.42 Å². The molecule has 0 aliphatic heterocycles. The zero-order valence-electron chi connectivity index (χ0n) is 14.7. The average Bonchev–Trinajstić information content (AvgIpc) is 2.60. The third-order valence-electron chi connectivity index (χ3n) is 3.27. The second kappa shape index (κ2) is 12.5. The van der Waals surface area contributed by atoms with E-state index in [2.05, 4.69) is 23.3 Å². The Morgan fingerprint density at radius 3 is 1.93 bits per heavy atom. The molecule has 0 aromatic heterocycles. The fraction of sp³-hybridized carbons (Fsp3) is 0.571. The van der Waals surface area contributed by atoms with Gasteiger partial charge < -0.3 is 37.6 Å². The van der Waals surface area contributed by atoms with Crippen LogP contribution < -0.4 is 27.4 Å². The summed E-state index contributed by atoms with van der Waals surface area (Å²) >= 11 is 3.91. The molecule has 28 heavy (non-hydrogen) atoms. The number of hydrogen-bond acceptors (Lipinski definition) is 8. The van der Waals surface area contributed by atoms with Crippen LogP contribution in [0.25, 0.3) is 0 Å². The van der Waals surface area contributed by atoms with E-state index in [1.54, 1.807) is 0 Å². The molecule has 0 aliphatic rings. The van der Waals surface area contributed by atoms with Gasteiger partial charge in [-0.2, -0.15) is 12.6 Å². The second-order valence-corrected chi connectivity index (χ2v) is 5.99. The first-order valence-electron chi connectivity index (χ1n) is 7.94. The zero-order chi connectivity index (χ0) is 21.9. The molecule has 0 fully saturated rings. The molecule has 0 aliphatic carbocycles. The highest BCUT2D eigenvalue weighted by atomic mass is 32.1. The second-order valence-electron chi connectivity index (χ2n) is 5.63. The molecule has 13 nitrogen and oxygen atoms in total. The first-order chi connectivity index (χ1) is 13.0. The number of carbonyl (C=O) groups excluding carboxylic acids is 4. The number of amides is 4. The van der Waals surface area contributed by atoms with Gasteiger partial charge >= 0.3 is 11.9 Å². The van der Waals surface area contributed by atoms with Crippen molar-refractivity contribution in [3.05, 3.63) is 0 Å². The summed E-state index contributed by atoms with van der Waals surface area (Å²) in [7, 11) is 0. The molecule has 0 heterocycles. The number of primary amides is 1. The van der Waals surface area contributed by atoms with Gasteiger partial charge in [-0.15, -0.1) is 0 Å². The molecule has 0 aromatic rings. The van der Waals surface area contributed by atoms with Crippen LogP contribution in [-0.4, -0.2) is 76.2 Å². The van der Waals surface area contributed by atoms with E-state index in [-0.39, 0.29) is 18.6 Å². The van der Waals surface area contributed by atoms with Crippen LogP contribution in [0.3, 0.4) is 0 Å². The Kier molecular flexibility index (Phi) is 11.2. The van der Waals surface area contributed by atoms with Crippen molar-refractivity contribution < 1.29 is 39.0 Å². The lowest BCUT2D eigenvalue weighted by Crippen LogP contribution is -2.57. The summed E-state index contributed by atoms with van der Waals surface area (Å²) in [6.07, 6.45) is -1.12. The largest absolute Gasteiger partial charge is 0.481 e. The van der Waals surface area contributed by atoms with E-state index in [1.807, 2.05) is 5.32 Å². The highest BCUT2D eigenvalue weighted by Gasteiger charge is 2.28. The standard InChI is InChI=1S/C14H23N5O8S/c15-6(1-2-10(21)22)12(25)19-8(5-28)14(27)18-7(3-9(16)20)13(26)17-4-11(23)24/h6-8,28H,1-5,15H2,(H2,16,20)(H,17,26)(H,18,27)(H,19,25)(H,21,22)(H,23,24). The van der Waals surface area contributed by atoms with Crippen LogP contribution in [0.1, 0.15) is 19.3 Å². The Labute approximate surface area is 165 Å². The van der Waals surface area contributed by atoms with Crippen molar-refractivity contribution in [3.63, 3.8) is 0 Å². The first kappa shape index (κ1) is 25.1. The molecule has 0 bridgehead atoms. The minimum Gasteiger partial charge on any atom is -0.481 e.